The van der Waals surface area contributed by atoms with Crippen molar-refractivity contribution in [1.82, 2.24) is 9.55 Å². The number of aromatic amines is 1. The molecule has 0 aromatic carbocycles. The van der Waals surface area contributed by atoms with Gasteiger partial charge in [0, 0.05) is 12.3 Å². The van der Waals surface area contributed by atoms with Crippen LogP contribution in [0.5, 0.6) is 0 Å². The van der Waals surface area contributed by atoms with E-state index in [1.165, 1.54) is 18.0 Å². The Morgan fingerprint density at radius 2 is 2.20 bits per heavy atom. The third kappa shape index (κ3) is 3.13. The lowest BCUT2D eigenvalue weighted by Crippen LogP contribution is -2.37. The van der Waals surface area contributed by atoms with Gasteiger partial charge >= 0.3 is 5.69 Å². The lowest BCUT2D eigenvalue weighted by molar-refractivity contribution is -0.0630. The molecule has 2 heterocycles. The fraction of sp³-hybridized carbons (Fsp3) is 0.636. The van der Waals surface area contributed by atoms with E-state index >= 15 is 0 Å². The highest BCUT2D eigenvalue weighted by Crippen LogP contribution is 2.28. The van der Waals surface area contributed by atoms with E-state index < -0.39 is 35.8 Å². The normalized spacial score (nSPS) is 29.8. The number of aliphatic hydroxyl groups excluding tert-OH is 2. The molecule has 1 saturated heterocycles. The molecular formula is C11H16N2O6S. The van der Waals surface area contributed by atoms with Crippen molar-refractivity contribution in [3.05, 3.63) is 33.1 Å². The van der Waals surface area contributed by atoms with Gasteiger partial charge in [-0.3, -0.25) is 14.3 Å². The smallest absolute Gasteiger partial charge is 0.330 e. The number of nitrogens with one attached hydrogen (secondary N) is 1. The Morgan fingerprint density at radius 1 is 1.45 bits per heavy atom. The van der Waals surface area contributed by atoms with Gasteiger partial charge in [0.2, 0.25) is 0 Å². The van der Waals surface area contributed by atoms with Gasteiger partial charge in [0.15, 0.2) is 6.23 Å². The van der Waals surface area contributed by atoms with Crippen LogP contribution in [0.4, 0.5) is 0 Å². The molecule has 1 aliphatic heterocycles. The molecule has 3 N–H and O–H groups in total. The van der Waals surface area contributed by atoms with Crippen molar-refractivity contribution >= 4 is 11.8 Å². The summed E-state index contributed by atoms with van der Waals surface area (Å²) in [5.41, 5.74) is -1.25. The van der Waals surface area contributed by atoms with Gasteiger partial charge in [-0.15, -0.1) is 11.8 Å². The van der Waals surface area contributed by atoms with Crippen molar-refractivity contribution in [1.29, 1.82) is 0 Å². The van der Waals surface area contributed by atoms with Gasteiger partial charge in [0.25, 0.3) is 5.56 Å². The standard InChI is InChI=1S/C11H16N2O6S/c1-20-5-18-4-6-8(15)9(16)10(19-6)13-3-2-7(14)12-11(13)17/h2-3,6,8-10,15-16H,4-5H2,1H3,(H,12,14,17)/t6-,8-,9-,10-/m1/s1. The summed E-state index contributed by atoms with van der Waals surface area (Å²) in [5.74, 6) is 0.436. The van der Waals surface area contributed by atoms with Gasteiger partial charge in [-0.1, -0.05) is 0 Å². The highest BCUT2D eigenvalue weighted by molar-refractivity contribution is 7.98. The summed E-state index contributed by atoms with van der Waals surface area (Å²) in [5, 5.41) is 19.8. The summed E-state index contributed by atoms with van der Waals surface area (Å²) in [6.45, 7) is 0.105. The second-order valence-corrected chi connectivity index (χ2v) is 5.15. The minimum atomic E-state index is -1.28. The summed E-state index contributed by atoms with van der Waals surface area (Å²) in [6, 6.07) is 1.14. The summed E-state index contributed by atoms with van der Waals surface area (Å²) in [4.78, 5) is 24.7. The van der Waals surface area contributed by atoms with E-state index in [-0.39, 0.29) is 6.61 Å². The maximum absolute atomic E-state index is 11.6. The highest BCUT2D eigenvalue weighted by Gasteiger charge is 2.44. The molecule has 112 valence electrons. The number of aromatic nitrogens is 2. The highest BCUT2D eigenvalue weighted by atomic mass is 32.2. The van der Waals surface area contributed by atoms with Crippen molar-refractivity contribution in [2.75, 3.05) is 18.8 Å². The van der Waals surface area contributed by atoms with E-state index in [2.05, 4.69) is 4.98 Å². The Hall–Kier alpha value is -1.13. The van der Waals surface area contributed by atoms with Gasteiger partial charge in [-0.2, -0.15) is 0 Å². The van der Waals surface area contributed by atoms with Gasteiger partial charge in [0.05, 0.1) is 12.5 Å². The van der Waals surface area contributed by atoms with E-state index in [0.29, 0.717) is 5.94 Å². The minimum Gasteiger partial charge on any atom is -0.387 e. The zero-order chi connectivity index (χ0) is 14.7. The van der Waals surface area contributed by atoms with Crippen molar-refractivity contribution in [3.63, 3.8) is 0 Å². The maximum atomic E-state index is 11.6. The third-order valence-corrected chi connectivity index (χ3v) is 3.35. The minimum absolute atomic E-state index is 0.105. The molecule has 0 radical (unpaired) electrons. The van der Waals surface area contributed by atoms with E-state index in [0.717, 1.165) is 10.6 Å². The summed E-state index contributed by atoms with van der Waals surface area (Å²) >= 11 is 1.47. The first-order valence-corrected chi connectivity index (χ1v) is 7.33. The van der Waals surface area contributed by atoms with Gasteiger partial charge < -0.3 is 19.7 Å². The molecule has 1 aromatic heterocycles. The molecule has 0 bridgehead atoms. The molecule has 0 amide bonds. The van der Waals surface area contributed by atoms with Crippen LogP contribution in [0.15, 0.2) is 21.9 Å². The molecule has 0 unspecified atom stereocenters. The topological polar surface area (TPSA) is 114 Å². The number of hydrogen-bond donors (Lipinski definition) is 3. The van der Waals surface area contributed by atoms with Crippen LogP contribution >= 0.6 is 11.8 Å². The van der Waals surface area contributed by atoms with E-state index in [1.54, 1.807) is 0 Å². The van der Waals surface area contributed by atoms with Crippen LogP contribution in [0.3, 0.4) is 0 Å². The number of H-pyrrole nitrogens is 1. The van der Waals surface area contributed by atoms with Crippen LogP contribution < -0.4 is 11.2 Å². The lowest BCUT2D eigenvalue weighted by atomic mass is 10.1. The molecule has 1 aromatic rings. The predicted octanol–water partition coefficient (Wildman–Crippen LogP) is -1.51. The predicted molar refractivity (Wildman–Crippen MR) is 71.6 cm³/mol. The number of rotatable bonds is 5. The Bertz CT molecular complexity index is 558. The Labute approximate surface area is 118 Å². The van der Waals surface area contributed by atoms with E-state index in [4.69, 9.17) is 9.47 Å². The van der Waals surface area contributed by atoms with Crippen molar-refractivity contribution < 1.29 is 19.7 Å². The first-order chi connectivity index (χ1) is 9.54. The van der Waals surface area contributed by atoms with Crippen molar-refractivity contribution in [2.45, 2.75) is 24.5 Å². The van der Waals surface area contributed by atoms with E-state index in [9.17, 15) is 19.8 Å². The fourth-order valence-electron chi connectivity index (χ4n) is 1.97. The van der Waals surface area contributed by atoms with Crippen LogP contribution in [0.25, 0.3) is 0 Å². The maximum Gasteiger partial charge on any atom is 0.330 e. The van der Waals surface area contributed by atoms with Gasteiger partial charge in [0.1, 0.15) is 18.3 Å². The zero-order valence-corrected chi connectivity index (χ0v) is 11.6. The lowest BCUT2D eigenvalue weighted by Gasteiger charge is -2.16. The zero-order valence-electron chi connectivity index (χ0n) is 10.8. The quantitative estimate of drug-likeness (QED) is 0.448. The average molecular weight is 304 g/mol. The Balaban J connectivity index is 2.13. The SMILES string of the molecule is CSCOC[C@H]1O[C@@H](n2ccc(=O)[nH]c2=O)[C@H](O)[C@@H]1O. The van der Waals surface area contributed by atoms with Crippen LogP contribution in [0.2, 0.25) is 0 Å². The monoisotopic (exact) mass is 304 g/mol. The van der Waals surface area contributed by atoms with Gasteiger partial charge in [-0.05, 0) is 6.26 Å². The van der Waals surface area contributed by atoms with Crippen molar-refractivity contribution in [2.24, 2.45) is 0 Å². The number of hydrogen-bond acceptors (Lipinski definition) is 7. The number of thioether (sulfide) groups is 1. The molecule has 8 nitrogen and oxygen atoms in total. The van der Waals surface area contributed by atoms with Crippen LogP contribution in [-0.2, 0) is 9.47 Å². The Kier molecular flexibility index (Phi) is 5.00. The average Bonchev–Trinajstić information content (AvgIpc) is 2.68. The molecule has 20 heavy (non-hydrogen) atoms. The first-order valence-electron chi connectivity index (χ1n) is 5.94. The molecule has 4 atom stereocenters. The fourth-order valence-corrected chi connectivity index (χ4v) is 2.23. The van der Waals surface area contributed by atoms with Crippen molar-refractivity contribution in [3.8, 4) is 0 Å². The molecule has 2 rings (SSSR count). The summed E-state index contributed by atoms with van der Waals surface area (Å²) in [7, 11) is 0. The second kappa shape index (κ2) is 6.55. The van der Waals surface area contributed by atoms with Crippen LogP contribution in [0.1, 0.15) is 6.23 Å². The molecule has 0 saturated carbocycles. The largest absolute Gasteiger partial charge is 0.387 e. The molecule has 1 fully saturated rings. The first kappa shape index (κ1) is 15.3. The third-order valence-electron chi connectivity index (χ3n) is 2.95. The summed E-state index contributed by atoms with van der Waals surface area (Å²) < 4.78 is 11.7. The molecule has 1 aliphatic rings. The summed E-state index contributed by atoms with van der Waals surface area (Å²) in [6.07, 6.45) is -1.16. The number of aliphatic hydroxyl groups is 2. The van der Waals surface area contributed by atoms with E-state index in [1.807, 2.05) is 6.26 Å². The van der Waals surface area contributed by atoms with Crippen LogP contribution in [-0.4, -0.2) is 56.9 Å². The molecular weight excluding hydrogens is 288 g/mol. The molecule has 0 aliphatic carbocycles. The number of ether oxygens (including phenoxy) is 2. The Morgan fingerprint density at radius 3 is 2.85 bits per heavy atom. The van der Waals surface area contributed by atoms with Gasteiger partial charge in [-0.25, -0.2) is 4.79 Å². The number of nitrogens with zero attached hydrogens (tertiary/aromatic N) is 1. The second-order valence-electron chi connectivity index (χ2n) is 4.34. The van der Waals surface area contributed by atoms with Crippen LogP contribution in [0, 0.1) is 0 Å². The molecule has 9 heteroatoms. The molecule has 0 spiro atoms.